The van der Waals surface area contributed by atoms with Crippen LogP contribution >= 0.6 is 22.6 Å². The van der Waals surface area contributed by atoms with Crippen molar-refractivity contribution >= 4 is 28.4 Å². The number of ether oxygens (including phenoxy) is 1. The van der Waals surface area contributed by atoms with E-state index in [2.05, 4.69) is 44.7 Å². The summed E-state index contributed by atoms with van der Waals surface area (Å²) in [5.74, 6) is 0.947. The molecule has 1 fully saturated rings. The molecule has 0 saturated carbocycles. The molecule has 2 heterocycles. The zero-order chi connectivity index (χ0) is 10.7. The Morgan fingerprint density at radius 3 is 2.67 bits per heavy atom. The minimum atomic E-state index is 0.535. The van der Waals surface area contributed by atoms with Gasteiger partial charge in [0, 0.05) is 26.3 Å². The summed E-state index contributed by atoms with van der Waals surface area (Å²) in [6, 6.07) is 4.54. The molecule has 15 heavy (non-hydrogen) atoms. The number of halogens is 1. The molecule has 0 bridgehead atoms. The molecule has 0 radical (unpaired) electrons. The zero-order valence-electron chi connectivity index (χ0n) is 8.69. The minimum absolute atomic E-state index is 0.535. The minimum Gasteiger partial charge on any atom is -0.381 e. The molecule has 0 unspecified atom stereocenters. The third-order valence-electron chi connectivity index (χ3n) is 2.72. The van der Waals surface area contributed by atoms with Gasteiger partial charge in [-0.15, -0.1) is 10.2 Å². The molecule has 1 aliphatic rings. The summed E-state index contributed by atoms with van der Waals surface area (Å²) in [5.41, 5.74) is 0. The molecule has 2 rings (SSSR count). The Balaban J connectivity index is 2.05. The quantitative estimate of drug-likeness (QED) is 0.778. The molecule has 0 atom stereocenters. The molecule has 0 spiro atoms. The van der Waals surface area contributed by atoms with E-state index in [0.29, 0.717) is 6.04 Å². The van der Waals surface area contributed by atoms with Crippen molar-refractivity contribution in [3.05, 3.63) is 15.8 Å². The average molecular weight is 319 g/mol. The molecule has 1 aliphatic heterocycles. The van der Waals surface area contributed by atoms with Crippen molar-refractivity contribution in [2.24, 2.45) is 0 Å². The smallest absolute Gasteiger partial charge is 0.151 e. The number of anilines is 1. The molecule has 0 N–H and O–H groups in total. The lowest BCUT2D eigenvalue weighted by atomic mass is 10.1. The first-order chi connectivity index (χ1) is 7.27. The second kappa shape index (κ2) is 5.07. The van der Waals surface area contributed by atoms with Crippen LogP contribution in [0, 0.1) is 3.70 Å². The van der Waals surface area contributed by atoms with Crippen LogP contribution in [0.2, 0.25) is 0 Å². The lowest BCUT2D eigenvalue weighted by molar-refractivity contribution is 0.0853. The molecular weight excluding hydrogens is 305 g/mol. The molecule has 5 heteroatoms. The Morgan fingerprint density at radius 2 is 2.07 bits per heavy atom. The first kappa shape index (κ1) is 11.1. The Morgan fingerprint density at radius 1 is 1.33 bits per heavy atom. The highest BCUT2D eigenvalue weighted by Gasteiger charge is 2.19. The van der Waals surface area contributed by atoms with E-state index in [1.807, 2.05) is 12.1 Å². The highest BCUT2D eigenvalue weighted by atomic mass is 127. The van der Waals surface area contributed by atoms with Gasteiger partial charge in [0.1, 0.15) is 3.70 Å². The van der Waals surface area contributed by atoms with Gasteiger partial charge < -0.3 is 9.64 Å². The van der Waals surface area contributed by atoms with Crippen LogP contribution in [-0.2, 0) is 4.74 Å². The maximum atomic E-state index is 5.34. The fraction of sp³-hybridized carbons (Fsp3) is 0.600. The second-order valence-corrected chi connectivity index (χ2v) is 4.77. The predicted octanol–water partition coefficient (Wildman–Crippen LogP) is 1.70. The van der Waals surface area contributed by atoms with E-state index in [0.717, 1.165) is 35.6 Å². The lowest BCUT2D eigenvalue weighted by Gasteiger charge is -2.31. The molecule has 82 valence electrons. The van der Waals surface area contributed by atoms with Crippen LogP contribution in [0.3, 0.4) is 0 Å². The molecule has 4 nitrogen and oxygen atoms in total. The topological polar surface area (TPSA) is 38.2 Å². The standard InChI is InChI=1S/C10H14IN3O/c1-14(8-4-6-15-7-5-8)10-3-2-9(11)12-13-10/h2-3,8H,4-7H2,1H3. The van der Waals surface area contributed by atoms with Crippen LogP contribution in [0.1, 0.15) is 12.8 Å². The van der Waals surface area contributed by atoms with Crippen LogP contribution < -0.4 is 4.90 Å². The van der Waals surface area contributed by atoms with E-state index in [1.54, 1.807) is 0 Å². The highest BCUT2D eigenvalue weighted by molar-refractivity contribution is 14.1. The predicted molar refractivity (Wildman–Crippen MR) is 67.0 cm³/mol. The summed E-state index contributed by atoms with van der Waals surface area (Å²) < 4.78 is 6.27. The third-order valence-corrected chi connectivity index (χ3v) is 3.29. The summed E-state index contributed by atoms with van der Waals surface area (Å²) in [7, 11) is 2.08. The van der Waals surface area contributed by atoms with Crippen LogP contribution in [0.4, 0.5) is 5.82 Å². The van der Waals surface area contributed by atoms with Crippen molar-refractivity contribution in [2.45, 2.75) is 18.9 Å². The van der Waals surface area contributed by atoms with E-state index in [4.69, 9.17) is 4.74 Å². The van der Waals surface area contributed by atoms with Crippen molar-refractivity contribution in [3.63, 3.8) is 0 Å². The number of nitrogens with zero attached hydrogens (tertiary/aromatic N) is 3. The Bertz CT molecular complexity index is 311. The molecule has 1 aromatic rings. The van der Waals surface area contributed by atoms with Gasteiger partial charge in [-0.1, -0.05) is 0 Å². The number of hydrogen-bond donors (Lipinski definition) is 0. The molecule has 1 saturated heterocycles. The fourth-order valence-corrected chi connectivity index (χ4v) is 2.04. The summed E-state index contributed by atoms with van der Waals surface area (Å²) in [6.07, 6.45) is 2.15. The van der Waals surface area contributed by atoms with E-state index in [-0.39, 0.29) is 0 Å². The molecule has 1 aromatic heterocycles. The van der Waals surface area contributed by atoms with Gasteiger partial charge in [0.25, 0.3) is 0 Å². The lowest BCUT2D eigenvalue weighted by Crippen LogP contribution is -2.37. The van der Waals surface area contributed by atoms with Gasteiger partial charge in [-0.2, -0.15) is 0 Å². The molecule has 0 amide bonds. The van der Waals surface area contributed by atoms with E-state index in [9.17, 15) is 0 Å². The number of aromatic nitrogens is 2. The maximum absolute atomic E-state index is 5.34. The van der Waals surface area contributed by atoms with Gasteiger partial charge in [-0.3, -0.25) is 0 Å². The van der Waals surface area contributed by atoms with Crippen LogP contribution in [0.15, 0.2) is 12.1 Å². The highest BCUT2D eigenvalue weighted by Crippen LogP contribution is 2.18. The Hall–Kier alpha value is -0.430. The van der Waals surface area contributed by atoms with Gasteiger partial charge in [0.05, 0.1) is 0 Å². The van der Waals surface area contributed by atoms with E-state index < -0.39 is 0 Å². The number of rotatable bonds is 2. The van der Waals surface area contributed by atoms with Gasteiger partial charge >= 0.3 is 0 Å². The Kier molecular flexibility index (Phi) is 3.74. The molecule has 0 aromatic carbocycles. The average Bonchev–Trinajstić information content (AvgIpc) is 2.30. The van der Waals surface area contributed by atoms with E-state index >= 15 is 0 Å². The van der Waals surface area contributed by atoms with Crippen molar-refractivity contribution in [3.8, 4) is 0 Å². The third kappa shape index (κ3) is 2.78. The van der Waals surface area contributed by atoms with Crippen LogP contribution in [-0.4, -0.2) is 36.5 Å². The monoisotopic (exact) mass is 319 g/mol. The van der Waals surface area contributed by atoms with Gasteiger partial charge in [0.15, 0.2) is 5.82 Å². The second-order valence-electron chi connectivity index (χ2n) is 3.67. The SMILES string of the molecule is CN(c1ccc(I)nn1)C1CCOCC1. The van der Waals surface area contributed by atoms with Gasteiger partial charge in [0.2, 0.25) is 0 Å². The van der Waals surface area contributed by atoms with Crippen molar-refractivity contribution in [1.29, 1.82) is 0 Å². The summed E-state index contributed by atoms with van der Waals surface area (Å²) >= 11 is 2.16. The molecular formula is C10H14IN3O. The van der Waals surface area contributed by atoms with Crippen molar-refractivity contribution in [1.82, 2.24) is 10.2 Å². The summed E-state index contributed by atoms with van der Waals surface area (Å²) in [4.78, 5) is 2.20. The summed E-state index contributed by atoms with van der Waals surface area (Å²) in [5, 5.41) is 8.24. The van der Waals surface area contributed by atoms with Crippen molar-refractivity contribution in [2.75, 3.05) is 25.2 Å². The summed E-state index contributed by atoms with van der Waals surface area (Å²) in [6.45, 7) is 1.71. The Labute approximate surface area is 103 Å². The van der Waals surface area contributed by atoms with Crippen molar-refractivity contribution < 1.29 is 4.74 Å². The maximum Gasteiger partial charge on any atom is 0.151 e. The van der Waals surface area contributed by atoms with Crippen LogP contribution in [0.5, 0.6) is 0 Å². The fourth-order valence-electron chi connectivity index (χ4n) is 1.76. The zero-order valence-corrected chi connectivity index (χ0v) is 10.8. The normalized spacial score (nSPS) is 17.7. The first-order valence-electron chi connectivity index (χ1n) is 5.07. The van der Waals surface area contributed by atoms with E-state index in [1.165, 1.54) is 0 Å². The largest absolute Gasteiger partial charge is 0.381 e. The number of hydrogen-bond acceptors (Lipinski definition) is 4. The van der Waals surface area contributed by atoms with Crippen LogP contribution in [0.25, 0.3) is 0 Å². The molecule has 0 aliphatic carbocycles. The van der Waals surface area contributed by atoms with Gasteiger partial charge in [-0.05, 0) is 47.6 Å². The first-order valence-corrected chi connectivity index (χ1v) is 6.15. The van der Waals surface area contributed by atoms with Gasteiger partial charge in [-0.25, -0.2) is 0 Å².